The molecule has 0 N–H and O–H groups in total. The van der Waals surface area contributed by atoms with E-state index in [1.165, 1.54) is 99.8 Å². The van der Waals surface area contributed by atoms with Gasteiger partial charge in [0.25, 0.3) is 33.7 Å². The highest BCUT2D eigenvalue weighted by molar-refractivity contribution is 7.91. The quantitative estimate of drug-likeness (QED) is 0.0314. The van der Waals surface area contributed by atoms with Crippen LogP contribution >= 0.6 is 56.7 Å². The average Bonchev–Trinajstić information content (AvgIpc) is 1.39. The van der Waals surface area contributed by atoms with Gasteiger partial charge < -0.3 is 19.1 Å². The molecule has 1 aliphatic heterocycles. The first-order valence-electron chi connectivity index (χ1n) is 42.9. The summed E-state index contributed by atoms with van der Waals surface area (Å²) in [7, 11) is -4.06. The number of amides is 1. The number of esters is 2. The number of benzene rings is 5. The Kier molecular flexibility index (Phi) is 31.7. The number of thiophene rings is 5. The number of carbonyl (C=O) groups excluding carboxylic acids is 3. The van der Waals surface area contributed by atoms with Crippen LogP contribution in [0.4, 0.5) is 22.0 Å². The summed E-state index contributed by atoms with van der Waals surface area (Å²) >= 11 is 6.97. The number of alkyl halides is 3. The number of aryl methyl sites for hydroxylation is 9. The number of hydrogen-bond donors (Lipinski definition) is 0. The van der Waals surface area contributed by atoms with Crippen molar-refractivity contribution in [1.82, 2.24) is 78.7 Å². The van der Waals surface area contributed by atoms with Gasteiger partial charge in [0, 0.05) is 111 Å². The molecular formula is C98H97F5N16O13S6. The third-order valence-corrected chi connectivity index (χ3v) is 27.8. The molecule has 40 heteroatoms. The van der Waals surface area contributed by atoms with Crippen LogP contribution < -0.4 is 32.5 Å². The molecule has 0 radical (unpaired) electrons. The van der Waals surface area contributed by atoms with Crippen LogP contribution in [-0.4, -0.2) is 176 Å². The molecule has 718 valence electrons. The molecule has 1 amide bonds. The zero-order chi connectivity index (χ0) is 98.4. The molecule has 0 unspecified atom stereocenters. The fourth-order valence-corrected chi connectivity index (χ4v) is 20.3. The number of halogens is 5. The first-order valence-corrected chi connectivity index (χ1v) is 48.8. The maximum Gasteiger partial charge on any atom is 0.360 e. The van der Waals surface area contributed by atoms with Crippen LogP contribution in [0.1, 0.15) is 128 Å². The maximum absolute atomic E-state index is 13.4. The normalized spacial score (nSPS) is 12.3. The van der Waals surface area contributed by atoms with Crippen LogP contribution in [0.3, 0.4) is 0 Å². The van der Waals surface area contributed by atoms with Crippen molar-refractivity contribution in [2.75, 3.05) is 59.4 Å². The zero-order valence-electron chi connectivity index (χ0n) is 76.8. The number of fused-ring (bicyclic) bond motifs is 5. The van der Waals surface area contributed by atoms with E-state index in [0.29, 0.717) is 120 Å². The van der Waals surface area contributed by atoms with Crippen molar-refractivity contribution in [2.24, 2.45) is 0 Å². The first kappa shape index (κ1) is 102. The predicted molar refractivity (Wildman–Crippen MR) is 530 cm³/mol. The summed E-state index contributed by atoms with van der Waals surface area (Å²) in [6.45, 7) is 27.6. The molecule has 1 saturated heterocycles. The van der Waals surface area contributed by atoms with Crippen LogP contribution in [0.25, 0.3) is 93.7 Å². The van der Waals surface area contributed by atoms with Crippen molar-refractivity contribution >= 4 is 138 Å². The number of rotatable bonds is 19. The molecule has 29 nitrogen and oxygen atoms in total. The number of piperazine rings is 1. The third-order valence-electron chi connectivity index (χ3n) is 21.5. The molecule has 0 atom stereocenters. The van der Waals surface area contributed by atoms with Crippen LogP contribution in [0.5, 0.6) is 5.75 Å². The smallest absolute Gasteiger partial charge is 0.360 e. The summed E-state index contributed by atoms with van der Waals surface area (Å²) in [6, 6.07) is 35.8. The lowest BCUT2D eigenvalue weighted by atomic mass is 10.1. The van der Waals surface area contributed by atoms with Crippen LogP contribution in [0, 0.1) is 67.2 Å². The van der Waals surface area contributed by atoms with Gasteiger partial charge in [0.15, 0.2) is 22.1 Å². The van der Waals surface area contributed by atoms with Gasteiger partial charge in [-0.25, -0.2) is 40.8 Å². The molecule has 0 saturated carbocycles. The summed E-state index contributed by atoms with van der Waals surface area (Å²) in [5.74, 6) is -2.10. The van der Waals surface area contributed by atoms with Gasteiger partial charge in [0.2, 0.25) is 15.8 Å². The Bertz CT molecular complexity index is 7830. The lowest BCUT2D eigenvalue weighted by molar-refractivity contribution is 0.00510. The maximum atomic E-state index is 13.4. The molecular weight excluding hydrogens is 1900 g/mol. The number of ether oxygens (including phenoxy) is 3. The summed E-state index contributed by atoms with van der Waals surface area (Å²) in [6.07, 6.45) is 3.36. The number of nitrogens with zero attached hydrogens (tertiary/aromatic N) is 16. The lowest BCUT2D eigenvalue weighted by Gasteiger charge is -2.34. The molecule has 18 rings (SSSR count). The Morgan fingerprint density at radius 2 is 0.819 bits per heavy atom. The second-order valence-electron chi connectivity index (χ2n) is 33.8. The third kappa shape index (κ3) is 22.4. The molecule has 0 bridgehead atoms. The van der Waals surface area contributed by atoms with Gasteiger partial charge in [-0.05, 0) is 200 Å². The molecule has 12 aromatic heterocycles. The Morgan fingerprint density at radius 1 is 0.435 bits per heavy atom. The van der Waals surface area contributed by atoms with Crippen LogP contribution in [-0.2, 0) is 25.9 Å². The number of pyridine rings is 1. The monoisotopic (exact) mass is 1990 g/mol. The summed E-state index contributed by atoms with van der Waals surface area (Å²) in [5, 5.41) is 43.3. The Labute approximate surface area is 808 Å². The van der Waals surface area contributed by atoms with Crippen molar-refractivity contribution in [3.63, 3.8) is 0 Å². The van der Waals surface area contributed by atoms with E-state index in [1.807, 2.05) is 113 Å². The number of sulfone groups is 1. The highest BCUT2D eigenvalue weighted by atomic mass is 32.2. The first-order chi connectivity index (χ1) is 65.2. The van der Waals surface area contributed by atoms with E-state index < -0.39 is 63.7 Å². The number of hydrogen-bond acceptors (Lipinski definition) is 27. The van der Waals surface area contributed by atoms with Gasteiger partial charge >= 0.3 is 11.9 Å². The lowest BCUT2D eigenvalue weighted by Crippen LogP contribution is -2.49. The van der Waals surface area contributed by atoms with Gasteiger partial charge in [0.1, 0.15) is 54.1 Å². The molecule has 5 aromatic carbocycles. The highest BCUT2D eigenvalue weighted by Gasteiger charge is 2.33. The van der Waals surface area contributed by atoms with Gasteiger partial charge in [-0.2, -0.15) is 53.3 Å². The molecule has 17 aromatic rings. The minimum absolute atomic E-state index is 0. The molecule has 1 aliphatic rings. The fraction of sp³-hybridized carbons (Fsp3) is 0.286. The SMILES string of the molecule is C.Cc1ccc(-n2nc(-c3cn(CCF)nn3)c3csc(C)c3c2=O)cc1.Cc1ccc(-n2nc(C(=O)N3CCN(CCCF)CC3)c3csc(C)c3c2=O)cc1.Cc1ccc(-n2nc(S(=O)(=O)c3ccc(F)cc3)c3csc(C)c3c2=O)cc1.Cc1scc2c(C(=O)OC(C)(C)C)nn(-c3ccc(F)nc3)c(=O)c12.Cc1scc2c(C(=O)OC(C)(C)C)nn(-c3ccc(OCCF)cc3)c(=O)c12. The minimum atomic E-state index is -4.06. The van der Waals surface area contributed by atoms with E-state index in [2.05, 4.69) is 45.7 Å². The van der Waals surface area contributed by atoms with Gasteiger partial charge in [-0.15, -0.1) is 61.8 Å². The van der Waals surface area contributed by atoms with E-state index in [1.54, 1.807) is 119 Å². The number of aromatic nitrogens is 14. The van der Waals surface area contributed by atoms with Crippen molar-refractivity contribution in [3.8, 4) is 45.6 Å². The van der Waals surface area contributed by atoms with Crippen molar-refractivity contribution in [1.29, 1.82) is 0 Å². The average molecular weight is 1990 g/mol. The molecule has 138 heavy (non-hydrogen) atoms. The van der Waals surface area contributed by atoms with E-state index in [-0.39, 0.29) is 87.8 Å². The van der Waals surface area contributed by atoms with Crippen LogP contribution in [0.15, 0.2) is 207 Å². The molecule has 0 aliphatic carbocycles. The Morgan fingerprint density at radius 3 is 1.24 bits per heavy atom. The van der Waals surface area contributed by atoms with Gasteiger partial charge in [0.05, 0.1) is 85.9 Å². The van der Waals surface area contributed by atoms with Crippen molar-refractivity contribution in [3.05, 3.63) is 294 Å². The van der Waals surface area contributed by atoms with E-state index in [4.69, 9.17) is 14.2 Å². The van der Waals surface area contributed by atoms with Gasteiger partial charge in [-0.1, -0.05) is 65.7 Å². The van der Waals surface area contributed by atoms with Crippen LogP contribution in [0.2, 0.25) is 0 Å². The zero-order valence-corrected chi connectivity index (χ0v) is 81.7. The molecule has 0 spiro atoms. The molecule has 1 fully saturated rings. The topological polar surface area (TPSA) is 338 Å². The van der Waals surface area contributed by atoms with E-state index >= 15 is 0 Å². The standard InChI is InChI=1S/C22H25FN4O2S.C20H21FN2O4S.C20H15FN2O3S2.C18H16FN5OS.C17H16FN3O3S.CH4/c1-15-4-6-17(7-5-15)27-21(28)19-16(2)30-14-18(19)20(24-27)22(29)26-12-10-25(11-13-26)9-3-8-23;1-12-16-15(11-28-12)17(19(25)27-20(2,3)4)22-23(18(16)24)13-5-7-14(8-6-13)26-10-9-21;1-12-3-7-15(8-4-12)23-20(24)18-13(2)27-11-17(18)19(22-23)28(25,26)16-9-5-14(21)6-10-16;1-11-3-5-13(6-4-11)24-18(25)16-12(2)26-10-14(16)17(21-24)15-9-23(8-7-19)22-20-15;1-9-13-11(8-25-9)14(16(23)24-17(2,3)4)20-21(15(13)22)10-5-6-12(18)19-7-10;/h4-7,14H,3,8-13H2,1-2H3;5-8,11H,9-10H2,1-4H3;3-11H,1-2H3;3-6,9-10H,7-8H2,1-2H3;5-8H,1-4H3;1H4. The fourth-order valence-electron chi connectivity index (χ4n) is 14.7. The summed E-state index contributed by atoms with van der Waals surface area (Å²) < 4.78 is 114. The van der Waals surface area contributed by atoms with Gasteiger partial charge in [-0.3, -0.25) is 38.1 Å². The predicted octanol–water partition coefficient (Wildman–Crippen LogP) is 18.4. The molecule has 13 heterocycles. The Hall–Kier alpha value is -13.6. The van der Waals surface area contributed by atoms with E-state index in [0.717, 1.165) is 82.2 Å². The van der Waals surface area contributed by atoms with Crippen molar-refractivity contribution in [2.45, 2.75) is 138 Å². The summed E-state index contributed by atoms with van der Waals surface area (Å²) in [5.41, 5.74) is 4.39. The van der Waals surface area contributed by atoms with Crippen molar-refractivity contribution < 1.29 is 59.0 Å². The largest absolute Gasteiger partial charge is 0.491 e. The summed E-state index contributed by atoms with van der Waals surface area (Å²) in [4.78, 5) is 115. The Balaban J connectivity index is 0.000000145. The highest BCUT2D eigenvalue weighted by Crippen LogP contribution is 2.35. The number of carbonyl (C=O) groups is 3. The second-order valence-corrected chi connectivity index (χ2v) is 41.0. The second kappa shape index (κ2) is 43.0. The minimum Gasteiger partial charge on any atom is -0.491 e. The van der Waals surface area contributed by atoms with E-state index in [9.17, 15) is 68.7 Å².